The molecule has 4 rings (SSSR count). The van der Waals surface area contributed by atoms with Gasteiger partial charge in [0.2, 0.25) is 5.91 Å². The zero-order chi connectivity index (χ0) is 20.1. The van der Waals surface area contributed by atoms with Gasteiger partial charge in [-0.2, -0.15) is 10.3 Å². The minimum atomic E-state index is -0.477. The van der Waals surface area contributed by atoms with Crippen LogP contribution in [0.2, 0.25) is 0 Å². The number of nitrogens with zero attached hydrogens (tertiary/aromatic N) is 3. The molecule has 29 heavy (non-hydrogen) atoms. The molecule has 1 atom stereocenters. The second-order valence-corrected chi connectivity index (χ2v) is 7.96. The van der Waals surface area contributed by atoms with E-state index in [4.69, 9.17) is 4.74 Å². The lowest BCUT2D eigenvalue weighted by Gasteiger charge is -2.14. The molecule has 2 aromatic heterocycles. The van der Waals surface area contributed by atoms with E-state index in [2.05, 4.69) is 25.7 Å². The number of nitrogens with one attached hydrogen (secondary N) is 2. The Morgan fingerprint density at radius 1 is 1.17 bits per heavy atom. The maximum absolute atomic E-state index is 13.0. The summed E-state index contributed by atoms with van der Waals surface area (Å²) in [5.41, 5.74) is 2.64. The van der Waals surface area contributed by atoms with Crippen LogP contribution in [0.25, 0.3) is 11.3 Å². The number of benzene rings is 2. The van der Waals surface area contributed by atoms with Crippen molar-refractivity contribution in [1.29, 1.82) is 0 Å². The number of carbonyl (C=O) groups excluding carboxylic acids is 1. The van der Waals surface area contributed by atoms with Crippen LogP contribution < -0.4 is 10.1 Å². The maximum atomic E-state index is 13.0. The Morgan fingerprint density at radius 3 is 2.66 bits per heavy atom. The fourth-order valence-corrected chi connectivity index (χ4v) is 4.30. The van der Waals surface area contributed by atoms with Crippen LogP contribution in [-0.2, 0) is 4.79 Å². The first-order valence-electron chi connectivity index (χ1n) is 8.71. The topological polar surface area (TPSA) is 92.8 Å². The Balaban J connectivity index is 1.52. The molecule has 146 valence electrons. The van der Waals surface area contributed by atoms with E-state index in [1.807, 2.05) is 60.0 Å². The lowest BCUT2D eigenvalue weighted by atomic mass is 10.1. The molecule has 0 unspecified atom stereocenters. The summed E-state index contributed by atoms with van der Waals surface area (Å²) in [5, 5.41) is 16.0. The highest BCUT2D eigenvalue weighted by atomic mass is 32.2. The summed E-state index contributed by atoms with van der Waals surface area (Å²) in [5.74, 6) is 0.618. The van der Waals surface area contributed by atoms with E-state index in [1.165, 1.54) is 23.1 Å². The average molecular weight is 424 g/mol. The van der Waals surface area contributed by atoms with Gasteiger partial charge in [-0.3, -0.25) is 4.79 Å². The third-order valence-electron chi connectivity index (χ3n) is 4.09. The number of carbonyl (C=O) groups is 1. The summed E-state index contributed by atoms with van der Waals surface area (Å²) < 4.78 is 5.19. The first-order valence-corrected chi connectivity index (χ1v) is 10.5. The standard InChI is InChI=1S/C20H17N5O2S2/c1-27-15-9-7-13(8-10-15)16-12-28-20(22-16)23-19(26)18(14-5-3-2-4-6-14)29-17-11-21-25-24-17/h2-12,18H,1H3,(H,21,24,25)(H,22,23,26)/t18-/m0/s1. The molecule has 0 fully saturated rings. The Bertz CT molecular complexity index is 1070. The van der Waals surface area contributed by atoms with Crippen LogP contribution in [0.4, 0.5) is 5.13 Å². The molecule has 1 amide bonds. The third kappa shape index (κ3) is 4.64. The van der Waals surface area contributed by atoms with Crippen LogP contribution in [0.1, 0.15) is 10.8 Å². The third-order valence-corrected chi connectivity index (χ3v) is 6.01. The van der Waals surface area contributed by atoms with Crippen LogP contribution in [0.5, 0.6) is 5.75 Å². The van der Waals surface area contributed by atoms with E-state index in [9.17, 15) is 4.79 Å². The number of aromatic amines is 1. The predicted octanol–water partition coefficient (Wildman–Crippen LogP) is 4.41. The minimum Gasteiger partial charge on any atom is -0.497 e. The van der Waals surface area contributed by atoms with Gasteiger partial charge in [0.15, 0.2) is 5.13 Å². The number of aromatic nitrogens is 4. The van der Waals surface area contributed by atoms with Crippen molar-refractivity contribution in [1.82, 2.24) is 20.4 Å². The molecular formula is C20H17N5O2S2. The summed E-state index contributed by atoms with van der Waals surface area (Å²) in [6.07, 6.45) is 1.60. The highest BCUT2D eigenvalue weighted by Gasteiger charge is 2.24. The van der Waals surface area contributed by atoms with Crippen molar-refractivity contribution in [3.8, 4) is 17.0 Å². The Hall–Kier alpha value is -3.17. The number of methoxy groups -OCH3 is 1. The molecule has 7 nitrogen and oxygen atoms in total. The number of H-pyrrole nitrogens is 1. The first-order chi connectivity index (χ1) is 14.2. The average Bonchev–Trinajstić information content (AvgIpc) is 3.45. The number of hydrogen-bond donors (Lipinski definition) is 2. The van der Waals surface area contributed by atoms with Crippen molar-refractivity contribution >= 4 is 34.1 Å². The van der Waals surface area contributed by atoms with Crippen LogP contribution in [0.3, 0.4) is 0 Å². The van der Waals surface area contributed by atoms with Gasteiger partial charge < -0.3 is 10.1 Å². The predicted molar refractivity (Wildman–Crippen MR) is 114 cm³/mol. The highest BCUT2D eigenvalue weighted by Crippen LogP contribution is 2.35. The van der Waals surface area contributed by atoms with Crippen molar-refractivity contribution in [3.05, 3.63) is 71.7 Å². The number of thioether (sulfide) groups is 1. The zero-order valence-electron chi connectivity index (χ0n) is 15.4. The molecule has 0 aliphatic carbocycles. The number of thiazole rings is 1. The lowest BCUT2D eigenvalue weighted by Crippen LogP contribution is -2.19. The molecule has 2 heterocycles. The van der Waals surface area contributed by atoms with Gasteiger partial charge >= 0.3 is 0 Å². The van der Waals surface area contributed by atoms with E-state index < -0.39 is 5.25 Å². The van der Waals surface area contributed by atoms with Crippen molar-refractivity contribution in [3.63, 3.8) is 0 Å². The van der Waals surface area contributed by atoms with Gasteiger partial charge in [-0.15, -0.1) is 16.4 Å². The minimum absolute atomic E-state index is 0.167. The van der Waals surface area contributed by atoms with Gasteiger partial charge in [0.25, 0.3) is 0 Å². The molecule has 0 saturated carbocycles. The molecule has 0 aliphatic rings. The van der Waals surface area contributed by atoms with Gasteiger partial charge in [-0.05, 0) is 29.8 Å². The number of ether oxygens (including phenoxy) is 1. The van der Waals surface area contributed by atoms with E-state index in [0.717, 1.165) is 22.6 Å². The molecule has 2 N–H and O–H groups in total. The monoisotopic (exact) mass is 423 g/mol. The maximum Gasteiger partial charge on any atom is 0.244 e. The molecule has 0 spiro atoms. The fourth-order valence-electron chi connectivity index (χ4n) is 2.67. The molecule has 9 heteroatoms. The van der Waals surface area contributed by atoms with Crippen LogP contribution in [0, 0.1) is 0 Å². The van der Waals surface area contributed by atoms with Crippen LogP contribution in [-0.4, -0.2) is 33.4 Å². The molecule has 4 aromatic rings. The van der Waals surface area contributed by atoms with Gasteiger partial charge in [-0.1, -0.05) is 42.1 Å². The Labute approximate surface area is 175 Å². The SMILES string of the molecule is COc1ccc(-c2csc(NC(=O)[C@@H](Sc3cn[nH]n3)c3ccccc3)n2)cc1. The Morgan fingerprint density at radius 2 is 1.97 bits per heavy atom. The Kier molecular flexibility index (Phi) is 5.87. The zero-order valence-corrected chi connectivity index (χ0v) is 17.0. The molecule has 2 aromatic carbocycles. The number of amides is 1. The van der Waals surface area contributed by atoms with Crippen molar-refractivity contribution in [2.75, 3.05) is 12.4 Å². The summed E-state index contributed by atoms with van der Waals surface area (Å²) in [6.45, 7) is 0. The van der Waals surface area contributed by atoms with Gasteiger partial charge in [0, 0.05) is 10.9 Å². The second-order valence-electron chi connectivity index (χ2n) is 5.97. The second kappa shape index (κ2) is 8.89. The van der Waals surface area contributed by atoms with E-state index in [-0.39, 0.29) is 5.91 Å². The van der Waals surface area contributed by atoms with Crippen molar-refractivity contribution in [2.24, 2.45) is 0 Å². The number of hydrogen-bond acceptors (Lipinski definition) is 7. The first kappa shape index (κ1) is 19.2. The summed E-state index contributed by atoms with van der Waals surface area (Å²) >= 11 is 2.71. The smallest absolute Gasteiger partial charge is 0.244 e. The largest absolute Gasteiger partial charge is 0.497 e. The summed E-state index contributed by atoms with van der Waals surface area (Å²) in [7, 11) is 1.63. The molecule has 0 aliphatic heterocycles. The van der Waals surface area contributed by atoms with Crippen LogP contribution in [0.15, 0.2) is 71.2 Å². The van der Waals surface area contributed by atoms with Gasteiger partial charge in [0.05, 0.1) is 19.0 Å². The molecule has 0 saturated heterocycles. The van der Waals surface area contributed by atoms with E-state index in [0.29, 0.717) is 10.2 Å². The number of anilines is 1. The molecule has 0 radical (unpaired) electrons. The van der Waals surface area contributed by atoms with Gasteiger partial charge in [-0.25, -0.2) is 4.98 Å². The van der Waals surface area contributed by atoms with Crippen molar-refractivity contribution < 1.29 is 9.53 Å². The van der Waals surface area contributed by atoms with Crippen molar-refractivity contribution in [2.45, 2.75) is 10.3 Å². The quantitative estimate of drug-likeness (QED) is 0.428. The fraction of sp³-hybridized carbons (Fsp3) is 0.100. The summed E-state index contributed by atoms with van der Waals surface area (Å²) in [6, 6.07) is 17.2. The van der Waals surface area contributed by atoms with E-state index >= 15 is 0 Å². The summed E-state index contributed by atoms with van der Waals surface area (Å²) in [4.78, 5) is 17.6. The van der Waals surface area contributed by atoms with E-state index in [1.54, 1.807) is 13.3 Å². The molecule has 0 bridgehead atoms. The molecular weight excluding hydrogens is 406 g/mol. The highest BCUT2D eigenvalue weighted by molar-refractivity contribution is 8.00. The van der Waals surface area contributed by atoms with Gasteiger partial charge in [0.1, 0.15) is 16.0 Å². The lowest BCUT2D eigenvalue weighted by molar-refractivity contribution is -0.115. The normalized spacial score (nSPS) is 11.8. The number of rotatable bonds is 7. The van der Waals surface area contributed by atoms with Crippen LogP contribution >= 0.6 is 23.1 Å².